The van der Waals surface area contributed by atoms with Crippen LogP contribution in [0.15, 0.2) is 24.7 Å². The van der Waals surface area contributed by atoms with E-state index in [0.29, 0.717) is 17.4 Å². The van der Waals surface area contributed by atoms with E-state index >= 15 is 0 Å². The second-order valence-corrected chi connectivity index (χ2v) is 5.29. The van der Waals surface area contributed by atoms with Crippen LogP contribution in [0.2, 0.25) is 0 Å². The molecule has 6 nitrogen and oxygen atoms in total. The first-order chi connectivity index (χ1) is 10.3. The first-order valence-corrected chi connectivity index (χ1v) is 7.43. The zero-order chi connectivity index (χ0) is 14.7. The zero-order valence-corrected chi connectivity index (χ0v) is 12.1. The van der Waals surface area contributed by atoms with Gasteiger partial charge in [0, 0.05) is 12.6 Å². The summed E-state index contributed by atoms with van der Waals surface area (Å²) in [6.07, 6.45) is 10.3. The Morgan fingerprint density at radius 3 is 2.71 bits per heavy atom. The number of carbonyl (C=O) groups excluding carboxylic acids is 1. The van der Waals surface area contributed by atoms with Gasteiger partial charge in [0.2, 0.25) is 0 Å². The number of carbonyl (C=O) groups is 1. The molecule has 0 radical (unpaired) electrons. The quantitative estimate of drug-likeness (QED) is 0.937. The first-order valence-electron chi connectivity index (χ1n) is 7.43. The molecule has 1 aliphatic carbocycles. The number of hydrogen-bond donors (Lipinski definition) is 1. The standard InChI is InChI=1S/C15H19N5O/c1-2-14-16-9-11(10-17-14)19-15(21)13-7-8-18-20(13)12-5-3-4-6-12/h7-10,12H,2-6H2,1H3,(H,19,21). The van der Waals surface area contributed by atoms with Crippen molar-refractivity contribution in [1.29, 1.82) is 0 Å². The lowest BCUT2D eigenvalue weighted by Gasteiger charge is -2.13. The summed E-state index contributed by atoms with van der Waals surface area (Å²) in [7, 11) is 0. The molecule has 0 bridgehead atoms. The summed E-state index contributed by atoms with van der Waals surface area (Å²) < 4.78 is 1.85. The fourth-order valence-corrected chi connectivity index (χ4v) is 2.73. The molecular formula is C15H19N5O. The van der Waals surface area contributed by atoms with Crippen molar-refractivity contribution in [3.05, 3.63) is 36.2 Å². The van der Waals surface area contributed by atoms with Crippen molar-refractivity contribution in [2.45, 2.75) is 45.1 Å². The number of aryl methyl sites for hydroxylation is 1. The minimum absolute atomic E-state index is 0.160. The second kappa shape index (κ2) is 6.03. The largest absolute Gasteiger partial charge is 0.318 e. The lowest BCUT2D eigenvalue weighted by Crippen LogP contribution is -2.20. The van der Waals surface area contributed by atoms with Gasteiger partial charge in [-0.15, -0.1) is 0 Å². The maximum atomic E-state index is 12.4. The molecular weight excluding hydrogens is 266 g/mol. The SMILES string of the molecule is CCc1ncc(NC(=O)c2ccnn2C2CCCC2)cn1. The summed E-state index contributed by atoms with van der Waals surface area (Å²) in [4.78, 5) is 20.7. The van der Waals surface area contributed by atoms with Crippen molar-refractivity contribution in [2.24, 2.45) is 0 Å². The maximum absolute atomic E-state index is 12.4. The lowest BCUT2D eigenvalue weighted by molar-refractivity contribution is 0.101. The van der Waals surface area contributed by atoms with Gasteiger partial charge >= 0.3 is 0 Å². The highest BCUT2D eigenvalue weighted by Crippen LogP contribution is 2.29. The van der Waals surface area contributed by atoms with Gasteiger partial charge in [-0.1, -0.05) is 19.8 Å². The lowest BCUT2D eigenvalue weighted by atomic mass is 10.2. The Balaban J connectivity index is 1.74. The summed E-state index contributed by atoms with van der Waals surface area (Å²) in [5.41, 5.74) is 1.21. The molecule has 2 aromatic heterocycles. The van der Waals surface area contributed by atoms with E-state index in [1.54, 1.807) is 24.7 Å². The molecule has 1 N–H and O–H groups in total. The second-order valence-electron chi connectivity index (χ2n) is 5.29. The Kier molecular flexibility index (Phi) is 3.94. The predicted molar refractivity (Wildman–Crippen MR) is 79.1 cm³/mol. The molecule has 2 aromatic rings. The number of amides is 1. The third-order valence-electron chi connectivity index (χ3n) is 3.85. The number of anilines is 1. The summed E-state index contributed by atoms with van der Waals surface area (Å²) in [5, 5.41) is 7.15. The van der Waals surface area contributed by atoms with Gasteiger partial charge in [-0.2, -0.15) is 5.10 Å². The molecule has 110 valence electrons. The van der Waals surface area contributed by atoms with Crippen LogP contribution in [-0.4, -0.2) is 25.7 Å². The highest BCUT2D eigenvalue weighted by atomic mass is 16.2. The van der Waals surface area contributed by atoms with Crippen molar-refractivity contribution in [1.82, 2.24) is 19.7 Å². The molecule has 0 unspecified atom stereocenters. The van der Waals surface area contributed by atoms with E-state index in [-0.39, 0.29) is 5.91 Å². The molecule has 6 heteroatoms. The van der Waals surface area contributed by atoms with Gasteiger partial charge in [0.15, 0.2) is 0 Å². The Morgan fingerprint density at radius 2 is 2.05 bits per heavy atom. The highest BCUT2D eigenvalue weighted by Gasteiger charge is 2.22. The van der Waals surface area contributed by atoms with E-state index in [1.807, 2.05) is 11.6 Å². The van der Waals surface area contributed by atoms with Crippen LogP contribution in [0.4, 0.5) is 5.69 Å². The Bertz CT molecular complexity index is 613. The number of nitrogens with zero attached hydrogens (tertiary/aromatic N) is 4. The molecule has 0 aromatic carbocycles. The van der Waals surface area contributed by atoms with Gasteiger partial charge in [0.1, 0.15) is 11.5 Å². The third-order valence-corrected chi connectivity index (χ3v) is 3.85. The normalized spacial score (nSPS) is 15.3. The Labute approximate surface area is 123 Å². The molecule has 0 atom stereocenters. The summed E-state index contributed by atoms with van der Waals surface area (Å²) in [6.45, 7) is 1.99. The topological polar surface area (TPSA) is 72.7 Å². The Morgan fingerprint density at radius 1 is 1.33 bits per heavy atom. The Hall–Kier alpha value is -2.24. The van der Waals surface area contributed by atoms with Crippen LogP contribution in [0.25, 0.3) is 0 Å². The number of hydrogen-bond acceptors (Lipinski definition) is 4. The minimum Gasteiger partial charge on any atom is -0.318 e. The zero-order valence-electron chi connectivity index (χ0n) is 12.1. The fourth-order valence-electron chi connectivity index (χ4n) is 2.73. The van der Waals surface area contributed by atoms with Gasteiger partial charge in [0.25, 0.3) is 5.91 Å². The molecule has 0 spiro atoms. The van der Waals surface area contributed by atoms with E-state index in [0.717, 1.165) is 25.1 Å². The number of rotatable bonds is 4. The van der Waals surface area contributed by atoms with E-state index in [9.17, 15) is 4.79 Å². The molecule has 1 amide bonds. The van der Waals surface area contributed by atoms with Gasteiger partial charge in [-0.05, 0) is 18.9 Å². The van der Waals surface area contributed by atoms with Crippen molar-refractivity contribution < 1.29 is 4.79 Å². The maximum Gasteiger partial charge on any atom is 0.274 e. The predicted octanol–water partition coefficient (Wildman–Crippen LogP) is 2.60. The van der Waals surface area contributed by atoms with E-state index in [4.69, 9.17) is 0 Å². The van der Waals surface area contributed by atoms with Crippen molar-refractivity contribution in [3.63, 3.8) is 0 Å². The molecule has 2 heterocycles. The van der Waals surface area contributed by atoms with Crippen LogP contribution in [0.1, 0.15) is 55.0 Å². The van der Waals surface area contributed by atoms with Crippen molar-refractivity contribution in [2.75, 3.05) is 5.32 Å². The van der Waals surface area contributed by atoms with Crippen molar-refractivity contribution >= 4 is 11.6 Å². The van der Waals surface area contributed by atoms with Crippen LogP contribution in [0, 0.1) is 0 Å². The highest BCUT2D eigenvalue weighted by molar-refractivity contribution is 6.02. The molecule has 0 aliphatic heterocycles. The van der Waals surface area contributed by atoms with Crippen LogP contribution in [0.5, 0.6) is 0 Å². The average Bonchev–Trinajstić information content (AvgIpc) is 3.18. The smallest absolute Gasteiger partial charge is 0.274 e. The molecule has 1 saturated carbocycles. The van der Waals surface area contributed by atoms with E-state index < -0.39 is 0 Å². The van der Waals surface area contributed by atoms with Gasteiger partial charge < -0.3 is 5.32 Å². The summed E-state index contributed by atoms with van der Waals surface area (Å²) in [6, 6.07) is 2.11. The third kappa shape index (κ3) is 2.94. The summed E-state index contributed by atoms with van der Waals surface area (Å²) in [5.74, 6) is 0.608. The first kappa shape index (κ1) is 13.7. The number of nitrogens with one attached hydrogen (secondary N) is 1. The van der Waals surface area contributed by atoms with E-state index in [1.165, 1.54) is 12.8 Å². The summed E-state index contributed by atoms with van der Waals surface area (Å²) >= 11 is 0. The monoisotopic (exact) mass is 285 g/mol. The minimum atomic E-state index is -0.160. The van der Waals surface area contributed by atoms with Crippen molar-refractivity contribution in [3.8, 4) is 0 Å². The molecule has 3 rings (SSSR count). The van der Waals surface area contributed by atoms with Crippen LogP contribution in [-0.2, 0) is 6.42 Å². The van der Waals surface area contributed by atoms with Crippen LogP contribution >= 0.6 is 0 Å². The van der Waals surface area contributed by atoms with E-state index in [2.05, 4.69) is 20.4 Å². The van der Waals surface area contributed by atoms with Crippen LogP contribution in [0.3, 0.4) is 0 Å². The molecule has 1 aliphatic rings. The van der Waals surface area contributed by atoms with Gasteiger partial charge in [0.05, 0.1) is 24.1 Å². The molecule has 0 saturated heterocycles. The molecule has 21 heavy (non-hydrogen) atoms. The van der Waals surface area contributed by atoms with Gasteiger partial charge in [-0.3, -0.25) is 9.48 Å². The number of aromatic nitrogens is 4. The van der Waals surface area contributed by atoms with Gasteiger partial charge in [-0.25, -0.2) is 9.97 Å². The van der Waals surface area contributed by atoms with Crippen LogP contribution < -0.4 is 5.32 Å². The fraction of sp³-hybridized carbons (Fsp3) is 0.467. The molecule has 1 fully saturated rings. The average molecular weight is 285 g/mol.